The third-order valence-electron chi connectivity index (χ3n) is 2.25. The van der Waals surface area contributed by atoms with Crippen LogP contribution in [0.25, 0.3) is 0 Å². The number of hydrogen-bond donors (Lipinski definition) is 2. The fraction of sp³-hybridized carbons (Fsp3) is 0.750. The van der Waals surface area contributed by atoms with E-state index < -0.39 is 34.8 Å². The molecule has 0 aromatic rings. The molecule has 0 spiro atoms. The molecule has 0 saturated carbocycles. The lowest BCUT2D eigenvalue weighted by atomic mass is 9.91. The molecule has 0 bridgehead atoms. The van der Waals surface area contributed by atoms with Crippen molar-refractivity contribution in [2.75, 3.05) is 0 Å². The number of amides is 2. The predicted octanol–water partition coefficient (Wildman–Crippen LogP) is 0.344. The van der Waals surface area contributed by atoms with Gasteiger partial charge in [0.2, 0.25) is 11.8 Å². The summed E-state index contributed by atoms with van der Waals surface area (Å²) in [6.45, 7) is 9.46. The van der Waals surface area contributed by atoms with Gasteiger partial charge in [0.15, 0.2) is 0 Å². The molecule has 0 radical (unpaired) electrons. The van der Waals surface area contributed by atoms with E-state index in [0.717, 1.165) is 0 Å². The molecule has 0 fully saturated rings. The fourth-order valence-electron chi connectivity index (χ4n) is 0.947. The number of primary amides is 1. The molecule has 0 aromatic carbocycles. The summed E-state index contributed by atoms with van der Waals surface area (Å²) < 4.78 is 5.15. The minimum atomic E-state index is -1.38. The number of ether oxygens (including phenoxy) is 1. The third kappa shape index (κ3) is 4.73. The molecule has 0 unspecified atom stereocenters. The van der Waals surface area contributed by atoms with Gasteiger partial charge in [-0.05, 0) is 41.5 Å². The van der Waals surface area contributed by atoms with Crippen molar-refractivity contribution in [3.05, 3.63) is 0 Å². The van der Waals surface area contributed by atoms with Gasteiger partial charge in [-0.25, -0.2) is 0 Å². The number of carbonyl (C=O) groups is 3. The first-order valence-electron chi connectivity index (χ1n) is 5.71. The van der Waals surface area contributed by atoms with E-state index in [1.54, 1.807) is 20.8 Å². The molecule has 6 nitrogen and oxygen atoms in total. The summed E-state index contributed by atoms with van der Waals surface area (Å²) in [5.41, 5.74) is 2.98. The van der Waals surface area contributed by atoms with Gasteiger partial charge in [0.1, 0.15) is 17.1 Å². The van der Waals surface area contributed by atoms with Crippen LogP contribution in [0, 0.1) is 5.41 Å². The Balaban J connectivity index is 4.77. The second-order valence-electron chi connectivity index (χ2n) is 5.72. The van der Waals surface area contributed by atoms with Gasteiger partial charge in [0, 0.05) is 0 Å². The van der Waals surface area contributed by atoms with Crippen molar-refractivity contribution in [3.63, 3.8) is 0 Å². The van der Waals surface area contributed by atoms with E-state index >= 15 is 0 Å². The van der Waals surface area contributed by atoms with E-state index in [0.29, 0.717) is 0 Å². The summed E-state index contributed by atoms with van der Waals surface area (Å²) >= 11 is 0. The molecule has 2 amide bonds. The molecule has 0 rings (SSSR count). The van der Waals surface area contributed by atoms with Crippen molar-refractivity contribution >= 4 is 17.8 Å². The van der Waals surface area contributed by atoms with Gasteiger partial charge in [-0.2, -0.15) is 0 Å². The van der Waals surface area contributed by atoms with Crippen LogP contribution in [-0.4, -0.2) is 29.4 Å². The molecule has 0 aliphatic rings. The van der Waals surface area contributed by atoms with Crippen molar-refractivity contribution in [3.8, 4) is 0 Å². The highest BCUT2D eigenvalue weighted by Gasteiger charge is 2.40. The Morgan fingerprint density at radius 1 is 1.11 bits per heavy atom. The van der Waals surface area contributed by atoms with Crippen LogP contribution in [0.2, 0.25) is 0 Å². The van der Waals surface area contributed by atoms with E-state index in [1.165, 1.54) is 20.8 Å². The quantitative estimate of drug-likeness (QED) is 0.561. The van der Waals surface area contributed by atoms with Crippen LogP contribution < -0.4 is 11.1 Å². The number of nitrogens with two attached hydrogens (primary N) is 1. The first-order chi connectivity index (χ1) is 7.88. The minimum absolute atomic E-state index is 0.594. The molecule has 6 heteroatoms. The van der Waals surface area contributed by atoms with Crippen molar-refractivity contribution in [1.29, 1.82) is 0 Å². The average Bonchev–Trinajstić information content (AvgIpc) is 2.14. The summed E-state index contributed by atoms with van der Waals surface area (Å²) in [5, 5.41) is 2.37. The maximum atomic E-state index is 11.9. The number of rotatable bonds is 4. The van der Waals surface area contributed by atoms with E-state index in [2.05, 4.69) is 5.32 Å². The van der Waals surface area contributed by atoms with Crippen LogP contribution in [-0.2, 0) is 19.1 Å². The summed E-state index contributed by atoms with van der Waals surface area (Å²) in [6, 6.07) is -0.834. The van der Waals surface area contributed by atoms with Gasteiger partial charge < -0.3 is 15.8 Å². The summed E-state index contributed by atoms with van der Waals surface area (Å²) in [7, 11) is 0. The Hall–Kier alpha value is -1.59. The number of nitrogens with one attached hydrogen (secondary N) is 1. The molecular weight excluding hydrogens is 236 g/mol. The van der Waals surface area contributed by atoms with Gasteiger partial charge in [-0.15, -0.1) is 0 Å². The van der Waals surface area contributed by atoms with Crippen molar-refractivity contribution in [1.82, 2.24) is 5.32 Å². The minimum Gasteiger partial charge on any atom is -0.459 e. The zero-order valence-corrected chi connectivity index (χ0v) is 11.8. The average molecular weight is 258 g/mol. The zero-order valence-electron chi connectivity index (χ0n) is 11.8. The summed E-state index contributed by atoms with van der Waals surface area (Å²) in [4.78, 5) is 34.6. The molecule has 0 saturated heterocycles. The van der Waals surface area contributed by atoms with Gasteiger partial charge >= 0.3 is 5.97 Å². The Bertz CT molecular complexity index is 356. The third-order valence-corrected chi connectivity index (χ3v) is 2.25. The van der Waals surface area contributed by atoms with Crippen LogP contribution in [0.5, 0.6) is 0 Å². The van der Waals surface area contributed by atoms with Gasteiger partial charge in [-0.1, -0.05) is 0 Å². The number of carbonyl (C=O) groups excluding carboxylic acids is 3. The maximum Gasteiger partial charge on any atom is 0.321 e. The fourth-order valence-corrected chi connectivity index (χ4v) is 0.947. The highest BCUT2D eigenvalue weighted by molar-refractivity contribution is 6.03. The molecule has 0 heterocycles. The molecule has 18 heavy (non-hydrogen) atoms. The predicted molar refractivity (Wildman–Crippen MR) is 66.4 cm³/mol. The van der Waals surface area contributed by atoms with E-state index in [4.69, 9.17) is 10.5 Å². The molecule has 104 valence electrons. The molecule has 0 aliphatic heterocycles. The summed E-state index contributed by atoms with van der Waals surface area (Å²) in [6.07, 6.45) is 0. The lowest BCUT2D eigenvalue weighted by Crippen LogP contribution is -2.51. The lowest BCUT2D eigenvalue weighted by Gasteiger charge is -2.28. The zero-order chi connectivity index (χ0) is 14.7. The van der Waals surface area contributed by atoms with Crippen molar-refractivity contribution < 1.29 is 19.1 Å². The van der Waals surface area contributed by atoms with Crippen molar-refractivity contribution in [2.24, 2.45) is 11.1 Å². The van der Waals surface area contributed by atoms with Crippen LogP contribution in [0.15, 0.2) is 0 Å². The first kappa shape index (κ1) is 16.4. The highest BCUT2D eigenvalue weighted by atomic mass is 16.6. The van der Waals surface area contributed by atoms with E-state index in [9.17, 15) is 14.4 Å². The van der Waals surface area contributed by atoms with Crippen LogP contribution in [0.4, 0.5) is 0 Å². The number of hydrogen-bond acceptors (Lipinski definition) is 4. The van der Waals surface area contributed by atoms with Crippen molar-refractivity contribution in [2.45, 2.75) is 53.2 Å². The Labute approximate surface area is 107 Å². The highest BCUT2D eigenvalue weighted by Crippen LogP contribution is 2.21. The van der Waals surface area contributed by atoms with Gasteiger partial charge in [-0.3, -0.25) is 14.4 Å². The number of esters is 1. The molecule has 3 N–H and O–H groups in total. The van der Waals surface area contributed by atoms with Crippen LogP contribution in [0.3, 0.4) is 0 Å². The lowest BCUT2D eigenvalue weighted by molar-refractivity contribution is -0.169. The Morgan fingerprint density at radius 2 is 1.56 bits per heavy atom. The topological polar surface area (TPSA) is 98.5 Å². The van der Waals surface area contributed by atoms with Crippen LogP contribution in [0.1, 0.15) is 41.5 Å². The molecule has 0 aromatic heterocycles. The van der Waals surface area contributed by atoms with Gasteiger partial charge in [0.05, 0.1) is 0 Å². The molecule has 1 atom stereocenters. The molecular formula is C12H22N2O4. The second kappa shape index (κ2) is 5.37. The smallest absolute Gasteiger partial charge is 0.321 e. The standard InChI is InChI=1S/C12H22N2O4/c1-7(8(13)15)14-9(16)12(5,6)10(17)18-11(2,3)4/h7H,1-6H3,(H2,13,15)(H,14,16)/t7-/m0/s1. The van der Waals surface area contributed by atoms with Crippen LogP contribution >= 0.6 is 0 Å². The SMILES string of the molecule is C[C@H](NC(=O)C(C)(C)C(=O)OC(C)(C)C)C(N)=O. The normalized spacial score (nSPS) is 13.7. The van der Waals surface area contributed by atoms with Gasteiger partial charge in [0.25, 0.3) is 0 Å². The molecule has 0 aliphatic carbocycles. The first-order valence-corrected chi connectivity index (χ1v) is 5.71. The second-order valence-corrected chi connectivity index (χ2v) is 5.72. The summed E-state index contributed by atoms with van der Waals surface area (Å²) in [5.74, 6) is -1.91. The monoisotopic (exact) mass is 258 g/mol. The van der Waals surface area contributed by atoms with E-state index in [-0.39, 0.29) is 0 Å². The Kier molecular flexibility index (Phi) is 4.90. The van der Waals surface area contributed by atoms with E-state index in [1.807, 2.05) is 0 Å². The maximum absolute atomic E-state index is 11.9. The largest absolute Gasteiger partial charge is 0.459 e. The Morgan fingerprint density at radius 3 is 1.89 bits per heavy atom.